The van der Waals surface area contributed by atoms with Gasteiger partial charge in [-0.15, -0.1) is 0 Å². The minimum absolute atomic E-state index is 0.0818. The van der Waals surface area contributed by atoms with E-state index in [1.54, 1.807) is 0 Å². The number of esters is 3. The predicted molar refractivity (Wildman–Crippen MR) is 293 cm³/mol. The van der Waals surface area contributed by atoms with Crippen molar-refractivity contribution in [3.8, 4) is 0 Å². The lowest BCUT2D eigenvalue weighted by Gasteiger charge is -2.18. The Morgan fingerprint density at radius 2 is 0.574 bits per heavy atom. The summed E-state index contributed by atoms with van der Waals surface area (Å²) in [5.74, 6) is -0.891. The van der Waals surface area contributed by atoms with Crippen LogP contribution in [0.25, 0.3) is 0 Å². The van der Waals surface area contributed by atoms with Crippen LogP contribution in [0.3, 0.4) is 0 Å². The molecule has 1 atom stereocenters. The molecule has 0 amide bonds. The highest BCUT2D eigenvalue weighted by Crippen LogP contribution is 2.15. The summed E-state index contributed by atoms with van der Waals surface area (Å²) in [6.07, 6.45) is 71.7. The van der Waals surface area contributed by atoms with Crippen molar-refractivity contribution < 1.29 is 28.6 Å². The summed E-state index contributed by atoms with van der Waals surface area (Å²) in [6.45, 7) is 6.43. The van der Waals surface area contributed by atoms with Crippen molar-refractivity contribution in [2.45, 2.75) is 290 Å². The summed E-state index contributed by atoms with van der Waals surface area (Å²) in [7, 11) is 0. The summed E-state index contributed by atoms with van der Waals surface area (Å²) in [5.41, 5.74) is 0. The van der Waals surface area contributed by atoms with Gasteiger partial charge >= 0.3 is 17.9 Å². The van der Waals surface area contributed by atoms with Gasteiger partial charge in [0.1, 0.15) is 13.2 Å². The topological polar surface area (TPSA) is 78.9 Å². The van der Waals surface area contributed by atoms with E-state index in [0.29, 0.717) is 19.3 Å². The van der Waals surface area contributed by atoms with Gasteiger partial charge in [0.05, 0.1) is 0 Å². The molecule has 0 saturated carbocycles. The van der Waals surface area contributed by atoms with Gasteiger partial charge in [-0.25, -0.2) is 0 Å². The molecule has 0 aliphatic rings. The fourth-order valence-corrected chi connectivity index (χ4v) is 8.14. The van der Waals surface area contributed by atoms with Crippen LogP contribution in [0.5, 0.6) is 0 Å². The third-order valence-electron chi connectivity index (χ3n) is 12.4. The smallest absolute Gasteiger partial charge is 0.306 e. The van der Waals surface area contributed by atoms with E-state index in [1.807, 2.05) is 0 Å². The maximum atomic E-state index is 12.9. The maximum absolute atomic E-state index is 12.9. The number of hydrogen-bond acceptors (Lipinski definition) is 6. The molecule has 6 heteroatoms. The largest absolute Gasteiger partial charge is 0.462 e. The number of allylic oxidation sites excluding steroid dienone is 12. The second-order valence-electron chi connectivity index (χ2n) is 19.1. The van der Waals surface area contributed by atoms with Crippen LogP contribution in [-0.2, 0) is 28.6 Å². The fraction of sp³-hybridized carbons (Fsp3) is 0.758. The van der Waals surface area contributed by atoms with Gasteiger partial charge in [-0.1, -0.05) is 235 Å². The van der Waals surface area contributed by atoms with Crippen LogP contribution in [0.15, 0.2) is 72.9 Å². The van der Waals surface area contributed by atoms with E-state index in [2.05, 4.69) is 93.7 Å². The van der Waals surface area contributed by atoms with Crippen LogP contribution in [0.1, 0.15) is 284 Å². The number of rotatable bonds is 52. The van der Waals surface area contributed by atoms with Gasteiger partial charge < -0.3 is 14.2 Å². The molecular weight excluding hydrogens is 841 g/mol. The Labute approximate surface area is 421 Å². The van der Waals surface area contributed by atoms with E-state index < -0.39 is 6.10 Å². The Morgan fingerprint density at radius 3 is 0.912 bits per heavy atom. The van der Waals surface area contributed by atoms with E-state index in [1.165, 1.54) is 148 Å². The standard InChI is InChI=1S/C62H108O6/c1-4-7-10-13-16-19-22-25-28-30-31-33-34-37-40-43-46-49-52-55-61(64)67-58-59(57-66-60(63)54-51-48-45-42-39-36-27-24-21-18-15-12-9-6-3)68-62(65)56-53-50-47-44-41-38-35-32-29-26-23-20-17-14-11-8-5-2/h7,9-10,12,16,18-19,21,25-26,28-29,59H,4-6,8,11,13-15,17,20,22-24,27,30-58H2,1-3H3/b10-7-,12-9-,19-16-,21-18-,28-25-,29-26-. The number of hydrogen-bond donors (Lipinski definition) is 0. The summed E-state index contributed by atoms with van der Waals surface area (Å²) in [6, 6.07) is 0. The molecule has 6 nitrogen and oxygen atoms in total. The molecular formula is C62H108O6. The van der Waals surface area contributed by atoms with Crippen LogP contribution >= 0.6 is 0 Å². The zero-order valence-electron chi connectivity index (χ0n) is 44.9. The number of unbranched alkanes of at least 4 members (excludes halogenated alkanes) is 29. The molecule has 0 aliphatic carbocycles. The summed E-state index contributed by atoms with van der Waals surface area (Å²) >= 11 is 0. The van der Waals surface area contributed by atoms with Gasteiger partial charge in [-0.2, -0.15) is 0 Å². The van der Waals surface area contributed by atoms with Crippen LogP contribution in [0.2, 0.25) is 0 Å². The van der Waals surface area contributed by atoms with Gasteiger partial charge in [0.2, 0.25) is 0 Å². The minimum atomic E-state index is -0.783. The Balaban J connectivity index is 4.37. The Kier molecular flexibility index (Phi) is 53.8. The van der Waals surface area contributed by atoms with E-state index in [4.69, 9.17) is 14.2 Å². The van der Waals surface area contributed by atoms with Crippen LogP contribution in [-0.4, -0.2) is 37.2 Å². The van der Waals surface area contributed by atoms with Crippen LogP contribution in [0, 0.1) is 0 Å². The first kappa shape index (κ1) is 64.8. The van der Waals surface area contributed by atoms with Gasteiger partial charge in [0.15, 0.2) is 6.10 Å². The van der Waals surface area contributed by atoms with Crippen LogP contribution < -0.4 is 0 Å². The van der Waals surface area contributed by atoms with Crippen molar-refractivity contribution in [1.82, 2.24) is 0 Å². The quantitative estimate of drug-likeness (QED) is 0.0262. The van der Waals surface area contributed by atoms with Crippen molar-refractivity contribution in [3.05, 3.63) is 72.9 Å². The lowest BCUT2D eigenvalue weighted by atomic mass is 10.1. The number of ether oxygens (including phenoxy) is 3. The zero-order valence-corrected chi connectivity index (χ0v) is 44.9. The highest BCUT2D eigenvalue weighted by molar-refractivity contribution is 5.71. The third kappa shape index (κ3) is 53.8. The van der Waals surface area contributed by atoms with Gasteiger partial charge in [0, 0.05) is 19.3 Å². The molecule has 392 valence electrons. The Bertz CT molecular complexity index is 1270. The van der Waals surface area contributed by atoms with Crippen molar-refractivity contribution in [3.63, 3.8) is 0 Å². The Morgan fingerprint density at radius 1 is 0.309 bits per heavy atom. The first-order valence-corrected chi connectivity index (χ1v) is 28.9. The average molecular weight is 950 g/mol. The van der Waals surface area contributed by atoms with Crippen LogP contribution in [0.4, 0.5) is 0 Å². The molecule has 0 aromatic rings. The maximum Gasteiger partial charge on any atom is 0.306 e. The van der Waals surface area contributed by atoms with E-state index in [-0.39, 0.29) is 31.1 Å². The summed E-state index contributed by atoms with van der Waals surface area (Å²) in [4.78, 5) is 38.2. The molecule has 0 spiro atoms. The fourth-order valence-electron chi connectivity index (χ4n) is 8.14. The minimum Gasteiger partial charge on any atom is -0.462 e. The van der Waals surface area contributed by atoms with Crippen molar-refractivity contribution in [2.24, 2.45) is 0 Å². The molecule has 0 rings (SSSR count). The highest BCUT2D eigenvalue weighted by Gasteiger charge is 2.19. The molecule has 0 radical (unpaired) electrons. The van der Waals surface area contributed by atoms with Gasteiger partial charge in [0.25, 0.3) is 0 Å². The molecule has 0 N–H and O–H groups in total. The molecule has 0 saturated heterocycles. The molecule has 0 aromatic heterocycles. The van der Waals surface area contributed by atoms with Crippen molar-refractivity contribution in [1.29, 1.82) is 0 Å². The second kappa shape index (κ2) is 56.4. The van der Waals surface area contributed by atoms with E-state index >= 15 is 0 Å². The molecule has 0 aromatic carbocycles. The van der Waals surface area contributed by atoms with E-state index in [9.17, 15) is 14.4 Å². The molecule has 0 heterocycles. The number of carbonyl (C=O) groups excluding carboxylic acids is 3. The summed E-state index contributed by atoms with van der Waals surface area (Å²) in [5, 5.41) is 0. The number of carbonyl (C=O) groups is 3. The van der Waals surface area contributed by atoms with Crippen molar-refractivity contribution >= 4 is 17.9 Å². The SMILES string of the molecule is CC/C=C\C/C=C\C/C=C\CCCCCCCCCCCC(=O)OCC(COC(=O)CCCCCCCCC/C=C\C/C=C\CC)OC(=O)CCCCCCCCC/C=C\CCCCCCCC. The molecule has 68 heavy (non-hydrogen) atoms. The first-order valence-electron chi connectivity index (χ1n) is 28.9. The van der Waals surface area contributed by atoms with Crippen molar-refractivity contribution in [2.75, 3.05) is 13.2 Å². The highest BCUT2D eigenvalue weighted by atomic mass is 16.6. The third-order valence-corrected chi connectivity index (χ3v) is 12.4. The second-order valence-corrected chi connectivity index (χ2v) is 19.1. The predicted octanol–water partition coefficient (Wildman–Crippen LogP) is 19.4. The lowest BCUT2D eigenvalue weighted by molar-refractivity contribution is -0.167. The molecule has 1 unspecified atom stereocenters. The molecule has 0 bridgehead atoms. The lowest BCUT2D eigenvalue weighted by Crippen LogP contribution is -2.30. The zero-order chi connectivity index (χ0) is 49.3. The Hall–Kier alpha value is -3.15. The summed E-state index contributed by atoms with van der Waals surface area (Å²) < 4.78 is 16.9. The van der Waals surface area contributed by atoms with E-state index in [0.717, 1.165) is 96.3 Å². The average Bonchev–Trinajstić information content (AvgIpc) is 3.34. The molecule has 0 fully saturated rings. The normalized spacial score (nSPS) is 12.6. The first-order chi connectivity index (χ1) is 33.5. The molecule has 0 aliphatic heterocycles. The monoisotopic (exact) mass is 949 g/mol. The van der Waals surface area contributed by atoms with Gasteiger partial charge in [-0.05, 0) is 103 Å². The van der Waals surface area contributed by atoms with Gasteiger partial charge in [-0.3, -0.25) is 14.4 Å².